The van der Waals surface area contributed by atoms with Crippen molar-refractivity contribution >= 4 is 11.9 Å². The molecule has 0 saturated heterocycles. The molecule has 8 rings (SSSR count). The third kappa shape index (κ3) is 4.95. The summed E-state index contributed by atoms with van der Waals surface area (Å²) in [5, 5.41) is 3.72. The van der Waals surface area contributed by atoms with Crippen molar-refractivity contribution in [2.45, 2.75) is 145 Å². The number of nitrogens with zero attached hydrogens (tertiary/aromatic N) is 1. The summed E-state index contributed by atoms with van der Waals surface area (Å²) in [6.07, 6.45) is 15.1. The Morgan fingerprint density at radius 1 is 0.863 bits per heavy atom. The zero-order chi connectivity index (χ0) is 36.4. The van der Waals surface area contributed by atoms with Gasteiger partial charge in [0, 0.05) is 6.92 Å². The number of hydrogen-bond donors (Lipinski definition) is 2. The minimum Gasteiger partial charge on any atom is -0.463 e. The number of nitrogens with one attached hydrogen (secondary N) is 2. The van der Waals surface area contributed by atoms with E-state index in [9.17, 15) is 4.79 Å². The third-order valence-corrected chi connectivity index (χ3v) is 17.7. The van der Waals surface area contributed by atoms with Crippen LogP contribution in [-0.4, -0.2) is 27.9 Å². The Bertz CT molecular complexity index is 1670. The first-order valence-electron chi connectivity index (χ1n) is 20.6. The normalized spacial score (nSPS) is 40.2. The van der Waals surface area contributed by atoms with Gasteiger partial charge in [-0.25, -0.2) is 4.98 Å². The molecule has 1 aromatic carbocycles. The van der Waals surface area contributed by atoms with Crippen molar-refractivity contribution in [1.29, 1.82) is 0 Å². The van der Waals surface area contributed by atoms with Crippen molar-refractivity contribution in [2.24, 2.45) is 68.5 Å². The number of carbonyl (C=O) groups excluding carboxylic acids is 2. The highest BCUT2D eigenvalue weighted by Crippen LogP contribution is 2.83. The van der Waals surface area contributed by atoms with E-state index in [1.165, 1.54) is 44.9 Å². The molecule has 2 N–H and O–H groups in total. The second-order valence-corrected chi connectivity index (χ2v) is 20.5. The van der Waals surface area contributed by atoms with Gasteiger partial charge in [0.15, 0.2) is 0 Å². The number of H-pyrrole nitrogens is 1. The zero-order valence-corrected chi connectivity index (χ0v) is 33.0. The number of hydrogen-bond acceptors (Lipinski definition) is 4. The van der Waals surface area contributed by atoms with E-state index in [-0.39, 0.29) is 34.2 Å². The van der Waals surface area contributed by atoms with Gasteiger partial charge in [0.05, 0.1) is 22.8 Å². The Kier molecular flexibility index (Phi) is 8.11. The Balaban J connectivity index is 1.15. The summed E-state index contributed by atoms with van der Waals surface area (Å²) in [6, 6.07) is 10.3. The zero-order valence-electron chi connectivity index (χ0n) is 33.0. The molecular weight excluding hydrogens is 631 g/mol. The van der Waals surface area contributed by atoms with E-state index in [1.54, 1.807) is 6.92 Å². The van der Waals surface area contributed by atoms with Crippen LogP contribution in [0.3, 0.4) is 0 Å². The molecule has 0 aliphatic heterocycles. The second kappa shape index (κ2) is 11.7. The molecule has 2 aromatic rings. The highest BCUT2D eigenvalue weighted by Gasteiger charge is 2.80. The van der Waals surface area contributed by atoms with Gasteiger partial charge in [-0.1, -0.05) is 71.9 Å². The molecule has 0 bridgehead atoms. The quantitative estimate of drug-likeness (QED) is 0.295. The second-order valence-electron chi connectivity index (χ2n) is 20.5. The van der Waals surface area contributed by atoms with E-state index >= 15 is 4.79 Å². The number of ether oxygens (including phenoxy) is 1. The van der Waals surface area contributed by atoms with E-state index in [0.29, 0.717) is 35.0 Å². The fourth-order valence-electron chi connectivity index (χ4n) is 14.7. The number of carbonyl (C=O) groups is 2. The number of amides is 1. The van der Waals surface area contributed by atoms with Crippen LogP contribution in [0, 0.1) is 68.5 Å². The Morgan fingerprint density at radius 3 is 2.24 bits per heavy atom. The molecule has 1 aromatic heterocycles. The summed E-state index contributed by atoms with van der Waals surface area (Å²) in [5.41, 5.74) is 0.947. The molecule has 0 radical (unpaired) electrons. The average molecular weight is 696 g/mol. The highest BCUT2D eigenvalue weighted by molar-refractivity contribution is 5.86. The summed E-state index contributed by atoms with van der Waals surface area (Å²) in [5.74, 6) is 5.49. The maximum Gasteiger partial charge on any atom is 0.302 e. The van der Waals surface area contributed by atoms with Crippen LogP contribution < -0.4 is 5.32 Å². The molecule has 1 amide bonds. The molecule has 10 atom stereocenters. The standard InChI is InChI=1S/C45H65N3O3/c1-27(49)51-30-16-18-31-29(25-30)15-17-33-32(31)19-20-34-37(33)40(2,3)42(6,7)45(22-21-36(44(34,45)9)43(8)23-24-43)39(50)48-41(4,5)38-46-26-35(47-38)28-13-11-10-12-14-28/h10-14,26,29-34,36-37H,15-25H2,1-9H3,(H,46,47)(H,48,50). The van der Waals surface area contributed by atoms with Crippen molar-refractivity contribution in [2.75, 3.05) is 0 Å². The lowest BCUT2D eigenvalue weighted by Crippen LogP contribution is -2.73. The number of fused-ring (bicyclic) bond motifs is 7. The first-order valence-corrected chi connectivity index (χ1v) is 20.6. The number of aromatic nitrogens is 2. The van der Waals surface area contributed by atoms with Gasteiger partial charge in [-0.2, -0.15) is 0 Å². The van der Waals surface area contributed by atoms with Crippen LogP contribution in [0.4, 0.5) is 0 Å². The van der Waals surface area contributed by atoms with Crippen molar-refractivity contribution in [1.82, 2.24) is 15.3 Å². The summed E-state index contributed by atoms with van der Waals surface area (Å²) in [7, 11) is 0. The molecule has 6 fully saturated rings. The van der Waals surface area contributed by atoms with Crippen LogP contribution >= 0.6 is 0 Å². The van der Waals surface area contributed by atoms with Crippen LogP contribution in [0.15, 0.2) is 36.5 Å². The van der Waals surface area contributed by atoms with Gasteiger partial charge in [-0.05, 0) is 153 Å². The molecule has 10 unspecified atom stereocenters. The third-order valence-electron chi connectivity index (χ3n) is 17.7. The van der Waals surface area contributed by atoms with Crippen LogP contribution in [0.2, 0.25) is 0 Å². The highest BCUT2D eigenvalue weighted by atomic mass is 16.5. The molecule has 6 aliphatic carbocycles. The minimum atomic E-state index is -0.653. The van der Waals surface area contributed by atoms with Crippen molar-refractivity contribution in [3.8, 4) is 11.3 Å². The minimum absolute atomic E-state index is 0.0196. The van der Waals surface area contributed by atoms with Gasteiger partial charge in [0.2, 0.25) is 5.91 Å². The van der Waals surface area contributed by atoms with Crippen molar-refractivity contribution < 1.29 is 14.3 Å². The van der Waals surface area contributed by atoms with Gasteiger partial charge in [-0.3, -0.25) is 9.59 Å². The number of aromatic amines is 1. The first kappa shape index (κ1) is 35.4. The molecule has 6 aliphatic rings. The molecule has 0 spiro atoms. The van der Waals surface area contributed by atoms with Gasteiger partial charge in [0.1, 0.15) is 11.9 Å². The predicted octanol–water partition coefficient (Wildman–Crippen LogP) is 10.1. The summed E-state index contributed by atoms with van der Waals surface area (Å²) < 4.78 is 5.77. The van der Waals surface area contributed by atoms with Gasteiger partial charge < -0.3 is 15.0 Å². The summed E-state index contributed by atoms with van der Waals surface area (Å²) >= 11 is 0. The van der Waals surface area contributed by atoms with E-state index in [1.807, 2.05) is 12.3 Å². The van der Waals surface area contributed by atoms with E-state index in [2.05, 4.69) is 90.0 Å². The Morgan fingerprint density at radius 2 is 1.55 bits per heavy atom. The van der Waals surface area contributed by atoms with E-state index < -0.39 is 11.0 Å². The maximum absolute atomic E-state index is 15.7. The van der Waals surface area contributed by atoms with Crippen LogP contribution in [0.25, 0.3) is 11.3 Å². The Labute approximate surface area is 307 Å². The fraction of sp³-hybridized carbons (Fsp3) is 0.756. The molecule has 278 valence electrons. The number of esters is 1. The molecule has 6 saturated carbocycles. The average Bonchev–Trinajstić information content (AvgIpc) is 3.46. The summed E-state index contributed by atoms with van der Waals surface area (Å²) in [6.45, 7) is 21.2. The van der Waals surface area contributed by atoms with Gasteiger partial charge >= 0.3 is 5.97 Å². The molecule has 51 heavy (non-hydrogen) atoms. The molecular formula is C45H65N3O3. The monoisotopic (exact) mass is 696 g/mol. The largest absolute Gasteiger partial charge is 0.463 e. The van der Waals surface area contributed by atoms with Gasteiger partial charge in [0.25, 0.3) is 0 Å². The lowest BCUT2D eigenvalue weighted by molar-refractivity contribution is -0.264. The smallest absolute Gasteiger partial charge is 0.302 e. The summed E-state index contributed by atoms with van der Waals surface area (Å²) in [4.78, 5) is 36.0. The lowest BCUT2D eigenvalue weighted by Gasteiger charge is -2.74. The molecule has 6 heteroatoms. The van der Waals surface area contributed by atoms with Crippen LogP contribution in [-0.2, 0) is 19.9 Å². The maximum atomic E-state index is 15.7. The topological polar surface area (TPSA) is 84.1 Å². The number of benzene rings is 1. The SMILES string of the molecule is CC(=O)OC1CCC2C(CCC3C2CCC2C3C(C)(C)C(C)(C)C3(C(=O)NC(C)(C)c4ncc(-c5ccccc5)[nH]4)CCC(C4(C)CC4)C23C)C1. The van der Waals surface area contributed by atoms with E-state index in [0.717, 1.165) is 54.6 Å². The van der Waals surface area contributed by atoms with Crippen molar-refractivity contribution in [3.05, 3.63) is 42.4 Å². The number of rotatable bonds is 6. The molecule has 1 heterocycles. The van der Waals surface area contributed by atoms with Gasteiger partial charge in [-0.15, -0.1) is 0 Å². The number of imidazole rings is 1. The fourth-order valence-corrected chi connectivity index (χ4v) is 14.7. The van der Waals surface area contributed by atoms with Crippen LogP contribution in [0.5, 0.6) is 0 Å². The predicted molar refractivity (Wildman–Crippen MR) is 202 cm³/mol. The van der Waals surface area contributed by atoms with Crippen molar-refractivity contribution in [3.63, 3.8) is 0 Å². The lowest BCUT2D eigenvalue weighted by atomic mass is 9.29. The van der Waals surface area contributed by atoms with Crippen LogP contribution in [0.1, 0.15) is 139 Å². The van der Waals surface area contributed by atoms with E-state index in [4.69, 9.17) is 9.72 Å². The first-order chi connectivity index (χ1) is 24.0. The Hall–Kier alpha value is -2.63. The molecule has 6 nitrogen and oxygen atoms in total.